The molecule has 8 nitrogen and oxygen atoms in total. The van der Waals surface area contributed by atoms with E-state index in [2.05, 4.69) is 22.0 Å². The van der Waals surface area contributed by atoms with Gasteiger partial charge < -0.3 is 15.8 Å². The van der Waals surface area contributed by atoms with E-state index in [0.29, 0.717) is 23.4 Å². The summed E-state index contributed by atoms with van der Waals surface area (Å²) in [5.74, 6) is 0.822. The summed E-state index contributed by atoms with van der Waals surface area (Å²) >= 11 is 0. The number of carbonyl (C=O) groups excluding carboxylic acids is 2. The quantitative estimate of drug-likeness (QED) is 0.355. The number of aliphatic imine (C=N–C) groups is 1. The van der Waals surface area contributed by atoms with Crippen molar-refractivity contribution < 1.29 is 14.3 Å². The lowest BCUT2D eigenvalue weighted by atomic mass is 9.87. The van der Waals surface area contributed by atoms with Crippen molar-refractivity contribution in [2.24, 2.45) is 28.0 Å². The van der Waals surface area contributed by atoms with Crippen LogP contribution in [0.1, 0.15) is 75.6 Å². The number of ether oxygens (including phenoxy) is 1. The maximum atomic E-state index is 13.4. The van der Waals surface area contributed by atoms with E-state index in [9.17, 15) is 9.59 Å². The number of fused-ring (bicyclic) bond motifs is 3. The molecule has 8 heteroatoms. The van der Waals surface area contributed by atoms with Crippen LogP contribution in [0.3, 0.4) is 0 Å². The molecule has 0 saturated heterocycles. The van der Waals surface area contributed by atoms with Crippen LogP contribution in [0, 0.1) is 17.3 Å². The number of nitrogens with one attached hydrogen (secondary N) is 1. The first-order chi connectivity index (χ1) is 15.5. The number of esters is 1. The van der Waals surface area contributed by atoms with E-state index in [1.54, 1.807) is 17.0 Å². The van der Waals surface area contributed by atoms with Gasteiger partial charge in [-0.1, -0.05) is 47.3 Å². The summed E-state index contributed by atoms with van der Waals surface area (Å²) in [6.45, 7) is 15.5. The lowest BCUT2D eigenvalue weighted by Gasteiger charge is -2.31. The maximum Gasteiger partial charge on any atom is 0.323 e. The Morgan fingerprint density at radius 3 is 2.67 bits per heavy atom. The standard InChI is InChI=1S/C25H37N5O3/c1-8-10-27-19(9-2)30-22-16-11-15(16)12-17(22)21(29-30)23(31)28-18(25(5,6)7)13-33-24(32)20(26)14(3)4/h8-10,14-16,18,20H,2,11-13,26H2,1,3-7H3,(H,28,31)/b10-8-,27-19?/t15-,16-,18+,20-/m0/s1. The molecule has 0 unspecified atom stereocenters. The normalized spacial score (nSPS) is 21.5. The van der Waals surface area contributed by atoms with Crippen molar-refractivity contribution in [1.82, 2.24) is 15.1 Å². The molecule has 1 saturated carbocycles. The third-order valence-corrected chi connectivity index (χ3v) is 6.47. The number of carbonyl (C=O) groups is 2. The van der Waals surface area contributed by atoms with Crippen molar-refractivity contribution in [2.75, 3.05) is 6.61 Å². The van der Waals surface area contributed by atoms with Crippen LogP contribution < -0.4 is 11.1 Å². The Balaban J connectivity index is 1.83. The predicted molar refractivity (Wildman–Crippen MR) is 129 cm³/mol. The molecule has 1 fully saturated rings. The molecule has 0 radical (unpaired) electrons. The van der Waals surface area contributed by atoms with Crippen LogP contribution in [0.4, 0.5) is 0 Å². The van der Waals surface area contributed by atoms with E-state index in [1.807, 2.05) is 47.6 Å². The summed E-state index contributed by atoms with van der Waals surface area (Å²) in [6, 6.07) is -1.10. The van der Waals surface area contributed by atoms with Crippen LogP contribution in [0.15, 0.2) is 29.9 Å². The molecule has 2 aliphatic carbocycles. The third-order valence-electron chi connectivity index (χ3n) is 6.47. The van der Waals surface area contributed by atoms with Gasteiger partial charge in [0, 0.05) is 17.7 Å². The number of nitrogens with zero attached hydrogens (tertiary/aromatic N) is 3. The fourth-order valence-corrected chi connectivity index (χ4v) is 4.09. The molecule has 180 valence electrons. The Morgan fingerprint density at radius 2 is 2.09 bits per heavy atom. The van der Waals surface area contributed by atoms with E-state index in [1.165, 1.54) is 0 Å². The zero-order valence-electron chi connectivity index (χ0n) is 20.6. The van der Waals surface area contributed by atoms with Crippen LogP contribution in [-0.2, 0) is 16.0 Å². The van der Waals surface area contributed by atoms with Crippen LogP contribution in [-0.4, -0.2) is 46.2 Å². The highest BCUT2D eigenvalue weighted by atomic mass is 16.5. The maximum absolute atomic E-state index is 13.4. The van der Waals surface area contributed by atoms with E-state index < -0.39 is 18.1 Å². The number of hydrogen-bond donors (Lipinski definition) is 2. The topological polar surface area (TPSA) is 112 Å². The third kappa shape index (κ3) is 5.27. The molecule has 1 amide bonds. The number of allylic oxidation sites excluding steroid dienone is 2. The molecule has 1 aromatic rings. The van der Waals surface area contributed by atoms with E-state index in [0.717, 1.165) is 24.1 Å². The number of amides is 1. The van der Waals surface area contributed by atoms with Gasteiger partial charge >= 0.3 is 5.97 Å². The highest BCUT2D eigenvalue weighted by Gasteiger charge is 2.50. The van der Waals surface area contributed by atoms with E-state index in [4.69, 9.17) is 10.5 Å². The summed E-state index contributed by atoms with van der Waals surface area (Å²) < 4.78 is 7.23. The molecule has 0 aromatic carbocycles. The van der Waals surface area contributed by atoms with Crippen LogP contribution in [0.25, 0.3) is 0 Å². The molecule has 0 aliphatic heterocycles. The highest BCUT2D eigenvalue weighted by molar-refractivity contribution is 5.99. The number of rotatable bonds is 8. The number of nitrogens with two attached hydrogens (primary N) is 1. The lowest BCUT2D eigenvalue weighted by molar-refractivity contribution is -0.147. The van der Waals surface area contributed by atoms with Gasteiger partial charge in [-0.3, -0.25) is 9.59 Å². The van der Waals surface area contributed by atoms with Gasteiger partial charge in [-0.15, -0.1) is 0 Å². The van der Waals surface area contributed by atoms with Gasteiger partial charge in [-0.25, -0.2) is 9.67 Å². The van der Waals surface area contributed by atoms with Gasteiger partial charge in [0.2, 0.25) is 0 Å². The second-order valence-electron chi connectivity index (χ2n) is 10.4. The monoisotopic (exact) mass is 455 g/mol. The molecule has 3 N–H and O–H groups in total. The Morgan fingerprint density at radius 1 is 1.39 bits per heavy atom. The average molecular weight is 456 g/mol. The minimum Gasteiger partial charge on any atom is -0.462 e. The van der Waals surface area contributed by atoms with Crippen molar-refractivity contribution in [3.63, 3.8) is 0 Å². The smallest absolute Gasteiger partial charge is 0.323 e. The van der Waals surface area contributed by atoms with Gasteiger partial charge in [0.15, 0.2) is 11.5 Å². The van der Waals surface area contributed by atoms with Crippen molar-refractivity contribution in [2.45, 2.75) is 72.4 Å². The molecule has 1 aromatic heterocycles. The first kappa shape index (κ1) is 24.9. The largest absolute Gasteiger partial charge is 0.462 e. The Labute approximate surface area is 196 Å². The minimum atomic E-state index is -0.694. The van der Waals surface area contributed by atoms with Crippen molar-refractivity contribution in [1.29, 1.82) is 0 Å². The van der Waals surface area contributed by atoms with Gasteiger partial charge in [0.05, 0.1) is 11.7 Å². The van der Waals surface area contributed by atoms with Crippen LogP contribution in [0.5, 0.6) is 0 Å². The summed E-state index contributed by atoms with van der Waals surface area (Å²) in [6.07, 6.45) is 7.14. The molecule has 0 spiro atoms. The fourth-order valence-electron chi connectivity index (χ4n) is 4.09. The second-order valence-corrected chi connectivity index (χ2v) is 10.4. The molecule has 3 rings (SSSR count). The first-order valence-corrected chi connectivity index (χ1v) is 11.7. The zero-order chi connectivity index (χ0) is 24.5. The SMILES string of the molecule is C=CC(=N/C=C\C)n1nc(C(=O)N[C@H](COC(=O)[C@@H](N)C(C)C)C(C)(C)C)c2c1[C@H]1C[C@H]1C2. The van der Waals surface area contributed by atoms with E-state index >= 15 is 0 Å². The minimum absolute atomic E-state index is 0.0264. The fraction of sp³-hybridized carbons (Fsp3) is 0.600. The lowest BCUT2D eigenvalue weighted by Crippen LogP contribution is -2.48. The average Bonchev–Trinajstić information content (AvgIpc) is 3.25. The van der Waals surface area contributed by atoms with Gasteiger partial charge in [0.1, 0.15) is 12.6 Å². The van der Waals surface area contributed by atoms with Crippen molar-refractivity contribution >= 4 is 17.7 Å². The van der Waals surface area contributed by atoms with Crippen LogP contribution in [0.2, 0.25) is 0 Å². The molecule has 33 heavy (non-hydrogen) atoms. The molecular formula is C25H37N5O3. The Hall–Kier alpha value is -2.74. The molecular weight excluding hydrogens is 418 g/mol. The number of aromatic nitrogens is 2. The van der Waals surface area contributed by atoms with Crippen molar-refractivity contribution in [3.05, 3.63) is 41.9 Å². The van der Waals surface area contributed by atoms with Gasteiger partial charge in [-0.2, -0.15) is 5.10 Å². The first-order valence-electron chi connectivity index (χ1n) is 11.7. The molecule has 4 atom stereocenters. The second kappa shape index (κ2) is 9.63. The van der Waals surface area contributed by atoms with E-state index in [-0.39, 0.29) is 23.8 Å². The van der Waals surface area contributed by atoms with Gasteiger partial charge in [-0.05, 0) is 43.1 Å². The summed E-state index contributed by atoms with van der Waals surface area (Å²) in [7, 11) is 0. The van der Waals surface area contributed by atoms with Crippen LogP contribution >= 0.6 is 0 Å². The van der Waals surface area contributed by atoms with Crippen molar-refractivity contribution in [3.8, 4) is 0 Å². The summed E-state index contributed by atoms with van der Waals surface area (Å²) in [5.41, 5.74) is 8.02. The molecule has 1 heterocycles. The predicted octanol–water partition coefficient (Wildman–Crippen LogP) is 3.18. The molecule has 2 aliphatic rings. The summed E-state index contributed by atoms with van der Waals surface area (Å²) in [5, 5.41) is 7.71. The Bertz CT molecular complexity index is 983. The zero-order valence-corrected chi connectivity index (χ0v) is 20.6. The number of hydrogen-bond acceptors (Lipinski definition) is 6. The Kier molecular flexibility index (Phi) is 7.26. The van der Waals surface area contributed by atoms with Gasteiger partial charge in [0.25, 0.3) is 5.91 Å². The molecule has 0 bridgehead atoms. The summed E-state index contributed by atoms with van der Waals surface area (Å²) in [4.78, 5) is 30.1. The highest BCUT2D eigenvalue weighted by Crippen LogP contribution is 2.56.